The lowest BCUT2D eigenvalue weighted by atomic mass is 9.77. The molecule has 0 bridgehead atoms. The third kappa shape index (κ3) is 11.0. The minimum Gasteiger partial charge on any atom is -0.477 e. The van der Waals surface area contributed by atoms with Gasteiger partial charge in [0.15, 0.2) is 5.82 Å². The highest BCUT2D eigenvalue weighted by Gasteiger charge is 2.65. The second-order valence-corrected chi connectivity index (χ2v) is 17.0. The highest BCUT2D eigenvalue weighted by molar-refractivity contribution is 5.98. The van der Waals surface area contributed by atoms with Crippen molar-refractivity contribution in [3.05, 3.63) is 89.2 Å². The third-order valence-electron chi connectivity index (χ3n) is 12.5. The molecule has 1 saturated carbocycles. The van der Waals surface area contributed by atoms with Gasteiger partial charge in [-0.3, -0.25) is 24.3 Å². The zero-order chi connectivity index (χ0) is 46.3. The Bertz CT molecular complexity index is 2300. The number of carbonyl (C=O) groups is 5. The number of carboxylic acid groups (broad SMARTS) is 1. The van der Waals surface area contributed by atoms with Crippen LogP contribution in [0.3, 0.4) is 0 Å². The molecule has 64 heavy (non-hydrogen) atoms. The molecule has 1 atom stereocenters. The minimum atomic E-state index is -5.44. The van der Waals surface area contributed by atoms with Gasteiger partial charge in [-0.1, -0.05) is 30.3 Å². The van der Waals surface area contributed by atoms with E-state index in [9.17, 15) is 41.5 Å². The number of amides is 3. The zero-order valence-electron chi connectivity index (χ0n) is 36.0. The SMILES string of the molecule is Cc1cc(C(=O)NCC(=O)N2CCC(N(C)C)CC2)ccc1-c1ccc(C[C@H](CC(=O)C2CCC(CN)CC2)C(=O)Nc2ccc(-c3n[nH]c(C(F)(F)C(F)(F)C(=O)O)n3)cc2)cc1. The van der Waals surface area contributed by atoms with Crippen molar-refractivity contribution in [3.63, 3.8) is 0 Å². The second-order valence-electron chi connectivity index (χ2n) is 17.0. The number of aryl methyl sites for hydroxylation is 1. The van der Waals surface area contributed by atoms with E-state index < -0.39 is 41.3 Å². The molecular formula is C46H54F4N8O6. The zero-order valence-corrected chi connectivity index (χ0v) is 36.0. The number of H-pyrrole nitrogens is 1. The van der Waals surface area contributed by atoms with E-state index in [0.717, 1.165) is 47.9 Å². The lowest BCUT2D eigenvalue weighted by molar-refractivity contribution is -0.231. The van der Waals surface area contributed by atoms with Gasteiger partial charge in [0.25, 0.3) is 5.91 Å². The summed E-state index contributed by atoms with van der Waals surface area (Å²) < 4.78 is 56.0. The molecule has 2 heterocycles. The summed E-state index contributed by atoms with van der Waals surface area (Å²) in [5.74, 6) is -17.2. The summed E-state index contributed by atoms with van der Waals surface area (Å²) in [5.41, 5.74) is 10.1. The molecule has 342 valence electrons. The number of halogens is 4. The van der Waals surface area contributed by atoms with E-state index in [2.05, 4.69) is 25.6 Å². The summed E-state index contributed by atoms with van der Waals surface area (Å²) in [6.07, 6.45) is 5.07. The number of benzene rings is 3. The number of ketones is 1. The molecule has 1 saturated heterocycles. The number of Topliss-reactive ketones (excluding diaryl/α,β-unsaturated/α-hetero) is 1. The molecule has 1 aliphatic carbocycles. The predicted octanol–water partition coefficient (Wildman–Crippen LogP) is 6.06. The van der Waals surface area contributed by atoms with Crippen molar-refractivity contribution >= 4 is 35.2 Å². The van der Waals surface area contributed by atoms with E-state index in [1.807, 2.05) is 51.4 Å². The van der Waals surface area contributed by atoms with Crippen LogP contribution >= 0.6 is 0 Å². The van der Waals surface area contributed by atoms with Gasteiger partial charge in [0, 0.05) is 54.2 Å². The molecule has 6 rings (SSSR count). The van der Waals surface area contributed by atoms with E-state index in [-0.39, 0.29) is 48.5 Å². The number of hydrogen-bond donors (Lipinski definition) is 5. The minimum absolute atomic E-state index is 0.0119. The summed E-state index contributed by atoms with van der Waals surface area (Å²) in [7, 11) is 4.07. The van der Waals surface area contributed by atoms with Crippen LogP contribution in [0, 0.1) is 24.7 Å². The van der Waals surface area contributed by atoms with Crippen LogP contribution in [0.15, 0.2) is 66.7 Å². The van der Waals surface area contributed by atoms with Crippen molar-refractivity contribution in [1.29, 1.82) is 0 Å². The summed E-state index contributed by atoms with van der Waals surface area (Å²) in [5, 5.41) is 19.4. The van der Waals surface area contributed by atoms with Gasteiger partial charge in [-0.2, -0.15) is 22.7 Å². The van der Waals surface area contributed by atoms with Gasteiger partial charge in [0.2, 0.25) is 17.6 Å². The van der Waals surface area contributed by atoms with Gasteiger partial charge in [-0.05, 0) is 137 Å². The number of hydrogen-bond acceptors (Lipinski definition) is 9. The van der Waals surface area contributed by atoms with E-state index in [1.54, 1.807) is 22.1 Å². The lowest BCUT2D eigenvalue weighted by Gasteiger charge is -2.35. The van der Waals surface area contributed by atoms with Gasteiger partial charge in [0.05, 0.1) is 6.54 Å². The molecule has 2 aliphatic rings. The number of nitrogens with one attached hydrogen (secondary N) is 3. The summed E-state index contributed by atoms with van der Waals surface area (Å²) in [6, 6.07) is 19.0. The van der Waals surface area contributed by atoms with Gasteiger partial charge < -0.3 is 31.3 Å². The number of nitrogens with two attached hydrogens (primary N) is 1. The lowest BCUT2D eigenvalue weighted by Crippen LogP contribution is -2.47. The first kappa shape index (κ1) is 47.5. The highest BCUT2D eigenvalue weighted by Crippen LogP contribution is 2.42. The maximum absolute atomic E-state index is 14.3. The van der Waals surface area contributed by atoms with E-state index in [4.69, 9.17) is 10.8 Å². The molecule has 14 nitrogen and oxygen atoms in total. The van der Waals surface area contributed by atoms with E-state index >= 15 is 0 Å². The quantitative estimate of drug-likeness (QED) is 0.0776. The van der Waals surface area contributed by atoms with E-state index in [1.165, 1.54) is 24.3 Å². The van der Waals surface area contributed by atoms with Crippen molar-refractivity contribution in [2.45, 2.75) is 76.2 Å². The Hall–Kier alpha value is -6.01. The standard InChI is InChI=1S/C46H54F4N8O6/c1-27-22-33(41(61)52-26-39(60)58-20-18-36(19-21-58)57(2)3)14-17-37(27)30-8-4-28(5-9-30)23-34(24-38(59)31-10-6-29(25-51)7-11-31)42(62)53-35-15-12-32(13-16-35)40-54-43(56-55-40)45(47,48)46(49,50)44(63)64/h4-5,8-9,12-17,22,29,31,34,36H,6-7,10-11,18-21,23-26,51H2,1-3H3,(H,52,61)(H,53,62)(H,63,64)(H,54,55,56)/t29?,31?,34-/m1/s1. The Morgan fingerprint density at radius 2 is 1.55 bits per heavy atom. The topological polar surface area (TPSA) is 204 Å². The maximum Gasteiger partial charge on any atom is 0.411 e. The first-order valence-electron chi connectivity index (χ1n) is 21.4. The number of likely N-dealkylation sites (tertiary alicyclic amines) is 1. The average Bonchev–Trinajstić information content (AvgIpc) is 3.80. The maximum atomic E-state index is 14.3. The Balaban J connectivity index is 1.11. The fourth-order valence-corrected chi connectivity index (χ4v) is 8.38. The summed E-state index contributed by atoms with van der Waals surface area (Å²) in [6.45, 7) is 3.68. The molecule has 0 unspecified atom stereocenters. The number of carbonyl (C=O) groups excluding carboxylic acids is 4. The van der Waals surface area contributed by atoms with E-state index in [0.29, 0.717) is 55.7 Å². The number of aliphatic carboxylic acids is 1. The molecule has 1 aliphatic heterocycles. The molecular weight excluding hydrogens is 837 g/mol. The number of piperidine rings is 1. The first-order chi connectivity index (χ1) is 30.4. The van der Waals surface area contributed by atoms with Crippen LogP contribution in [-0.4, -0.2) is 112 Å². The molecule has 18 heteroatoms. The monoisotopic (exact) mass is 890 g/mol. The van der Waals surface area contributed by atoms with Crippen LogP contribution in [0.4, 0.5) is 23.2 Å². The van der Waals surface area contributed by atoms with Crippen LogP contribution < -0.4 is 16.4 Å². The van der Waals surface area contributed by atoms with Crippen LogP contribution in [0.1, 0.15) is 72.3 Å². The largest absolute Gasteiger partial charge is 0.477 e. The number of rotatable bonds is 17. The fraction of sp³-hybridized carbons (Fsp3) is 0.457. The van der Waals surface area contributed by atoms with Gasteiger partial charge in [0.1, 0.15) is 5.78 Å². The van der Waals surface area contributed by atoms with Gasteiger partial charge in [-0.25, -0.2) is 9.78 Å². The Kier molecular flexibility index (Phi) is 15.0. The molecule has 0 radical (unpaired) electrons. The molecule has 4 aromatic rings. The van der Waals surface area contributed by atoms with Crippen molar-refractivity contribution in [2.75, 3.05) is 45.6 Å². The first-order valence-corrected chi connectivity index (χ1v) is 21.4. The van der Waals surface area contributed by atoms with Gasteiger partial charge in [-0.15, -0.1) is 0 Å². The summed E-state index contributed by atoms with van der Waals surface area (Å²) in [4.78, 5) is 71.5. The third-order valence-corrected chi connectivity index (χ3v) is 12.5. The molecule has 2 fully saturated rings. The van der Waals surface area contributed by atoms with Crippen molar-refractivity contribution in [2.24, 2.45) is 23.5 Å². The van der Waals surface area contributed by atoms with Crippen LogP contribution in [0.5, 0.6) is 0 Å². The Labute approximate surface area is 368 Å². The van der Waals surface area contributed by atoms with Crippen LogP contribution in [0.2, 0.25) is 0 Å². The number of aromatic amines is 1. The van der Waals surface area contributed by atoms with Crippen LogP contribution in [-0.2, 0) is 31.5 Å². The smallest absolute Gasteiger partial charge is 0.411 e. The van der Waals surface area contributed by atoms with Crippen molar-refractivity contribution in [3.8, 4) is 22.5 Å². The number of aromatic nitrogens is 3. The predicted molar refractivity (Wildman–Crippen MR) is 230 cm³/mol. The summed E-state index contributed by atoms with van der Waals surface area (Å²) >= 11 is 0. The molecule has 6 N–H and O–H groups in total. The molecule has 0 spiro atoms. The number of anilines is 1. The van der Waals surface area contributed by atoms with Crippen LogP contribution in [0.25, 0.3) is 22.5 Å². The molecule has 1 aromatic heterocycles. The number of alkyl halides is 4. The molecule has 3 aromatic carbocycles. The van der Waals surface area contributed by atoms with Crippen molar-refractivity contribution < 1.29 is 46.6 Å². The normalized spacial score (nSPS) is 17.8. The fourth-order valence-electron chi connectivity index (χ4n) is 8.38. The van der Waals surface area contributed by atoms with Crippen molar-refractivity contribution in [1.82, 2.24) is 30.3 Å². The Morgan fingerprint density at radius 1 is 0.906 bits per heavy atom. The number of carboxylic acids is 1. The average molecular weight is 891 g/mol. The number of nitrogens with zero attached hydrogens (tertiary/aromatic N) is 4. The van der Waals surface area contributed by atoms with Gasteiger partial charge >= 0.3 is 17.8 Å². The Morgan fingerprint density at radius 3 is 2.14 bits per heavy atom. The molecule has 3 amide bonds. The highest BCUT2D eigenvalue weighted by atomic mass is 19.3. The second kappa shape index (κ2) is 20.2.